The Morgan fingerprint density at radius 1 is 1.56 bits per heavy atom. The molecular weight excluding hydrogens is 236 g/mol. The molecule has 7 nitrogen and oxygen atoms in total. The lowest BCUT2D eigenvalue weighted by Gasteiger charge is -2.07. The predicted octanol–water partition coefficient (Wildman–Crippen LogP) is 0.764. The van der Waals surface area contributed by atoms with E-state index >= 15 is 0 Å². The van der Waals surface area contributed by atoms with E-state index in [1.165, 1.54) is 13.1 Å². The van der Waals surface area contributed by atoms with Gasteiger partial charge in [-0.1, -0.05) is 0 Å². The molecule has 0 saturated heterocycles. The van der Waals surface area contributed by atoms with Crippen LogP contribution in [-0.4, -0.2) is 25.7 Å². The number of H-pyrrole nitrogens is 1. The molecule has 0 fully saturated rings. The predicted molar refractivity (Wildman–Crippen MR) is 64.0 cm³/mol. The summed E-state index contributed by atoms with van der Waals surface area (Å²) in [5.74, 6) is -0.111. The van der Waals surface area contributed by atoms with Crippen LogP contribution in [0.4, 0.5) is 0 Å². The Morgan fingerprint density at radius 2 is 2.28 bits per heavy atom. The number of carbonyl (C=O) groups excluding carboxylic acids is 1. The fourth-order valence-electron chi connectivity index (χ4n) is 1.60. The van der Waals surface area contributed by atoms with E-state index in [4.69, 9.17) is 4.74 Å². The van der Waals surface area contributed by atoms with Crippen molar-refractivity contribution in [2.24, 2.45) is 0 Å². The zero-order chi connectivity index (χ0) is 13.3. The van der Waals surface area contributed by atoms with Gasteiger partial charge in [-0.3, -0.25) is 9.59 Å². The Morgan fingerprint density at radius 3 is 2.89 bits per heavy atom. The standard InChI is InChI=1S/C11H14N4O3/c1-6(2)15-10-8(4-12-15)11(17)14-9(13-10)5-18-7(3)16/h4,6H,5H2,1-3H3,(H,13,14,17). The summed E-state index contributed by atoms with van der Waals surface area (Å²) in [4.78, 5) is 29.3. The molecule has 1 N–H and O–H groups in total. The summed E-state index contributed by atoms with van der Waals surface area (Å²) in [6, 6.07) is 0.0957. The molecule has 0 saturated carbocycles. The van der Waals surface area contributed by atoms with Gasteiger partial charge >= 0.3 is 5.97 Å². The molecule has 0 aromatic carbocycles. The van der Waals surface area contributed by atoms with Crippen molar-refractivity contribution in [3.05, 3.63) is 22.4 Å². The summed E-state index contributed by atoms with van der Waals surface area (Å²) >= 11 is 0. The number of carbonyl (C=O) groups is 1. The molecule has 0 unspecified atom stereocenters. The summed E-state index contributed by atoms with van der Waals surface area (Å²) in [7, 11) is 0. The average molecular weight is 250 g/mol. The zero-order valence-corrected chi connectivity index (χ0v) is 10.4. The normalized spacial score (nSPS) is 11.1. The number of nitrogens with zero attached hydrogens (tertiary/aromatic N) is 3. The molecular formula is C11H14N4O3. The first-order valence-corrected chi connectivity index (χ1v) is 5.59. The second-order valence-electron chi connectivity index (χ2n) is 4.21. The molecule has 0 aliphatic heterocycles. The number of aromatic nitrogens is 4. The van der Waals surface area contributed by atoms with Gasteiger partial charge in [0.2, 0.25) is 0 Å². The molecule has 2 rings (SSSR count). The van der Waals surface area contributed by atoms with Crippen LogP contribution in [0.2, 0.25) is 0 Å². The minimum Gasteiger partial charge on any atom is -0.458 e. The number of rotatable bonds is 3. The summed E-state index contributed by atoms with van der Waals surface area (Å²) < 4.78 is 6.46. The van der Waals surface area contributed by atoms with Crippen molar-refractivity contribution in [1.82, 2.24) is 19.7 Å². The Kier molecular flexibility index (Phi) is 3.14. The zero-order valence-electron chi connectivity index (χ0n) is 10.4. The third-order valence-electron chi connectivity index (χ3n) is 2.41. The fraction of sp³-hybridized carbons (Fsp3) is 0.455. The molecule has 0 aliphatic rings. The molecule has 0 amide bonds. The Bertz CT molecular complexity index is 641. The van der Waals surface area contributed by atoms with E-state index in [0.29, 0.717) is 16.9 Å². The molecule has 0 spiro atoms. The maximum Gasteiger partial charge on any atom is 0.303 e. The van der Waals surface area contributed by atoms with Crippen LogP contribution in [0, 0.1) is 0 Å². The Labute approximate surface area is 103 Å². The van der Waals surface area contributed by atoms with Gasteiger partial charge in [0.25, 0.3) is 5.56 Å². The minimum atomic E-state index is -0.421. The van der Waals surface area contributed by atoms with E-state index in [0.717, 1.165) is 0 Å². The average Bonchev–Trinajstić information content (AvgIpc) is 2.70. The van der Waals surface area contributed by atoms with Crippen LogP contribution in [0.25, 0.3) is 11.0 Å². The van der Waals surface area contributed by atoms with Gasteiger partial charge in [0, 0.05) is 13.0 Å². The Hall–Kier alpha value is -2.18. The maximum atomic E-state index is 11.8. The van der Waals surface area contributed by atoms with Crippen molar-refractivity contribution in [1.29, 1.82) is 0 Å². The third kappa shape index (κ3) is 2.24. The van der Waals surface area contributed by atoms with E-state index in [-0.39, 0.29) is 18.2 Å². The van der Waals surface area contributed by atoms with Crippen molar-refractivity contribution in [2.45, 2.75) is 33.4 Å². The molecule has 96 valence electrons. The first-order chi connectivity index (χ1) is 8.49. The highest BCUT2D eigenvalue weighted by molar-refractivity contribution is 5.73. The number of hydrogen-bond acceptors (Lipinski definition) is 5. The van der Waals surface area contributed by atoms with Crippen LogP contribution in [0.5, 0.6) is 0 Å². The molecule has 18 heavy (non-hydrogen) atoms. The van der Waals surface area contributed by atoms with Gasteiger partial charge < -0.3 is 9.72 Å². The molecule has 0 atom stereocenters. The topological polar surface area (TPSA) is 89.9 Å². The van der Waals surface area contributed by atoms with Gasteiger partial charge in [-0.15, -0.1) is 0 Å². The van der Waals surface area contributed by atoms with E-state index in [1.54, 1.807) is 4.68 Å². The van der Waals surface area contributed by atoms with Gasteiger partial charge in [0.1, 0.15) is 17.8 Å². The van der Waals surface area contributed by atoms with Gasteiger partial charge in [0.05, 0.1) is 6.20 Å². The van der Waals surface area contributed by atoms with Crippen LogP contribution in [0.1, 0.15) is 32.6 Å². The summed E-state index contributed by atoms with van der Waals surface area (Å²) in [5, 5.41) is 4.54. The fourth-order valence-corrected chi connectivity index (χ4v) is 1.60. The first kappa shape index (κ1) is 12.3. The number of ether oxygens (including phenoxy) is 1. The van der Waals surface area contributed by atoms with E-state index < -0.39 is 5.97 Å². The van der Waals surface area contributed by atoms with Crippen LogP contribution in [0.3, 0.4) is 0 Å². The van der Waals surface area contributed by atoms with Crippen LogP contribution >= 0.6 is 0 Å². The number of fused-ring (bicyclic) bond motifs is 1. The maximum absolute atomic E-state index is 11.8. The van der Waals surface area contributed by atoms with Crippen molar-refractivity contribution in [2.75, 3.05) is 0 Å². The smallest absolute Gasteiger partial charge is 0.303 e. The highest BCUT2D eigenvalue weighted by Gasteiger charge is 2.12. The highest BCUT2D eigenvalue weighted by atomic mass is 16.5. The number of hydrogen-bond donors (Lipinski definition) is 1. The summed E-state index contributed by atoms with van der Waals surface area (Å²) in [6.45, 7) is 5.14. The molecule has 0 bridgehead atoms. The number of esters is 1. The van der Waals surface area contributed by atoms with Gasteiger partial charge in [-0.2, -0.15) is 5.10 Å². The van der Waals surface area contributed by atoms with Crippen LogP contribution in [0.15, 0.2) is 11.0 Å². The van der Waals surface area contributed by atoms with E-state index in [9.17, 15) is 9.59 Å². The highest BCUT2D eigenvalue weighted by Crippen LogP contribution is 2.12. The Balaban J connectivity index is 2.48. The van der Waals surface area contributed by atoms with E-state index in [2.05, 4.69) is 15.1 Å². The molecule has 2 aromatic heterocycles. The van der Waals surface area contributed by atoms with Gasteiger partial charge in [-0.25, -0.2) is 9.67 Å². The SMILES string of the molecule is CC(=O)OCc1nc2c(cnn2C(C)C)c(=O)[nH]1. The second kappa shape index (κ2) is 4.59. The number of nitrogens with one attached hydrogen (secondary N) is 1. The second-order valence-corrected chi connectivity index (χ2v) is 4.21. The lowest BCUT2D eigenvalue weighted by molar-refractivity contribution is -0.142. The minimum absolute atomic E-state index is 0.0518. The van der Waals surface area contributed by atoms with E-state index in [1.807, 2.05) is 13.8 Å². The van der Waals surface area contributed by atoms with Gasteiger partial charge in [0.15, 0.2) is 5.65 Å². The van der Waals surface area contributed by atoms with Crippen molar-refractivity contribution >= 4 is 17.0 Å². The monoisotopic (exact) mass is 250 g/mol. The molecule has 7 heteroatoms. The molecule has 2 heterocycles. The first-order valence-electron chi connectivity index (χ1n) is 5.59. The lowest BCUT2D eigenvalue weighted by atomic mass is 10.4. The summed E-state index contributed by atoms with van der Waals surface area (Å²) in [5.41, 5.74) is 0.213. The lowest BCUT2D eigenvalue weighted by Crippen LogP contribution is -2.14. The molecule has 2 aromatic rings. The third-order valence-corrected chi connectivity index (χ3v) is 2.41. The van der Waals surface area contributed by atoms with Crippen LogP contribution in [-0.2, 0) is 16.1 Å². The van der Waals surface area contributed by atoms with Gasteiger partial charge in [-0.05, 0) is 13.8 Å². The summed E-state index contributed by atoms with van der Waals surface area (Å²) in [6.07, 6.45) is 1.48. The largest absolute Gasteiger partial charge is 0.458 e. The van der Waals surface area contributed by atoms with Crippen LogP contribution < -0.4 is 5.56 Å². The number of aromatic amines is 1. The quantitative estimate of drug-likeness (QED) is 0.812. The van der Waals surface area contributed by atoms with Crippen molar-refractivity contribution in [3.8, 4) is 0 Å². The van der Waals surface area contributed by atoms with Crippen molar-refractivity contribution in [3.63, 3.8) is 0 Å². The van der Waals surface area contributed by atoms with Crippen molar-refractivity contribution < 1.29 is 9.53 Å². The molecule has 0 radical (unpaired) electrons. The molecule has 0 aliphatic carbocycles.